The highest BCUT2D eigenvalue weighted by atomic mass is 32.2. The number of thioether (sulfide) groups is 1. The summed E-state index contributed by atoms with van der Waals surface area (Å²) in [6.45, 7) is 0.125. The van der Waals surface area contributed by atoms with Crippen LogP contribution in [0.3, 0.4) is 0 Å². The average Bonchev–Trinajstić information content (AvgIpc) is 3.05. The third-order valence-electron chi connectivity index (χ3n) is 7.01. The van der Waals surface area contributed by atoms with Crippen LogP contribution < -0.4 is 10.3 Å². The lowest BCUT2D eigenvalue weighted by molar-refractivity contribution is -0.137. The monoisotopic (exact) mass is 649 g/mol. The Balaban J connectivity index is 1.33. The number of carbonyl (C=O) groups is 1. The van der Waals surface area contributed by atoms with Crippen LogP contribution in [0.15, 0.2) is 101 Å². The van der Waals surface area contributed by atoms with Gasteiger partial charge in [0.1, 0.15) is 12.4 Å². The van der Waals surface area contributed by atoms with Crippen LogP contribution >= 0.6 is 11.8 Å². The number of aromatic nitrogens is 4. The van der Waals surface area contributed by atoms with Gasteiger partial charge in [-0.1, -0.05) is 60.3 Å². The summed E-state index contributed by atoms with van der Waals surface area (Å²) in [5.41, 5.74) is 2.35. The zero-order valence-electron chi connectivity index (χ0n) is 24.7. The lowest BCUT2D eigenvalue weighted by Crippen LogP contribution is -2.31. The summed E-state index contributed by atoms with van der Waals surface area (Å²) in [4.78, 5) is 40.3. The van der Waals surface area contributed by atoms with E-state index in [1.165, 1.54) is 66.6 Å². The molecule has 2 aromatic heterocycles. The summed E-state index contributed by atoms with van der Waals surface area (Å²) in [6, 6.07) is 18.2. The highest BCUT2D eigenvalue weighted by Gasteiger charge is 2.30. The van der Waals surface area contributed by atoms with Crippen LogP contribution in [0, 0.1) is 5.82 Å². The molecule has 3 aromatic carbocycles. The number of hydrogen-bond donors (Lipinski definition) is 0. The van der Waals surface area contributed by atoms with Crippen LogP contribution in [0.2, 0.25) is 0 Å². The number of alkyl halides is 3. The van der Waals surface area contributed by atoms with Gasteiger partial charge >= 0.3 is 12.2 Å². The Hall–Kier alpha value is -5.04. The SMILES string of the molecule is COc1ncc(-c2cn(CC(=O)N(C)Cc3ccc(-c4ccc(C(F)(F)F)cc4)cc3)c(SCc3ccc(F)cc3)nc2=O)cn1. The van der Waals surface area contributed by atoms with Crippen LogP contribution in [-0.4, -0.2) is 44.5 Å². The number of carbonyl (C=O) groups excluding carboxylic acids is 1. The first-order valence-corrected chi connectivity index (χ1v) is 14.8. The molecule has 0 saturated carbocycles. The van der Waals surface area contributed by atoms with E-state index in [0.717, 1.165) is 28.8 Å². The van der Waals surface area contributed by atoms with E-state index in [1.807, 2.05) is 12.1 Å². The van der Waals surface area contributed by atoms with E-state index in [1.54, 1.807) is 35.9 Å². The maximum absolute atomic E-state index is 13.4. The number of hydrogen-bond acceptors (Lipinski definition) is 7. The van der Waals surface area contributed by atoms with Gasteiger partial charge in [0.05, 0.1) is 18.2 Å². The van der Waals surface area contributed by atoms with Gasteiger partial charge in [-0.2, -0.15) is 18.2 Å². The maximum atomic E-state index is 13.4. The van der Waals surface area contributed by atoms with Crippen molar-refractivity contribution < 1.29 is 27.1 Å². The molecule has 1 amide bonds. The molecule has 0 atom stereocenters. The molecule has 13 heteroatoms. The van der Waals surface area contributed by atoms with Gasteiger partial charge in [0.15, 0.2) is 5.16 Å². The summed E-state index contributed by atoms with van der Waals surface area (Å²) < 4.78 is 58.7. The van der Waals surface area contributed by atoms with Crippen molar-refractivity contribution in [3.05, 3.63) is 124 Å². The summed E-state index contributed by atoms with van der Waals surface area (Å²) in [5.74, 6) is -0.247. The minimum atomic E-state index is -4.40. The number of benzene rings is 3. The summed E-state index contributed by atoms with van der Waals surface area (Å²) in [5, 5.41) is 0.301. The number of halogens is 4. The molecule has 0 radical (unpaired) electrons. The maximum Gasteiger partial charge on any atom is 0.416 e. The Morgan fingerprint density at radius 3 is 2.07 bits per heavy atom. The van der Waals surface area contributed by atoms with E-state index >= 15 is 0 Å². The quantitative estimate of drug-likeness (QED) is 0.0972. The Labute approximate surface area is 265 Å². The van der Waals surface area contributed by atoms with Gasteiger partial charge in [-0.05, 0) is 46.5 Å². The molecule has 0 saturated heterocycles. The van der Waals surface area contributed by atoms with Crippen molar-refractivity contribution >= 4 is 17.7 Å². The van der Waals surface area contributed by atoms with Crippen LogP contribution in [0.25, 0.3) is 22.3 Å². The highest BCUT2D eigenvalue weighted by Crippen LogP contribution is 2.31. The van der Waals surface area contributed by atoms with E-state index in [4.69, 9.17) is 4.74 Å². The standard InChI is InChI=1S/C33H27F4N5O3S/c1-41(17-21-3-7-23(8-4-21)24-9-11-26(12-10-24)33(35,36)37)29(43)19-42-18-28(25-15-38-31(45-2)39-16-25)30(44)40-32(42)46-20-22-5-13-27(34)14-6-22/h3-16,18H,17,19-20H2,1-2H3. The molecular formula is C33H27F4N5O3S. The van der Waals surface area contributed by atoms with E-state index in [0.29, 0.717) is 22.0 Å². The number of nitrogens with zero attached hydrogens (tertiary/aromatic N) is 5. The fourth-order valence-electron chi connectivity index (χ4n) is 4.48. The highest BCUT2D eigenvalue weighted by molar-refractivity contribution is 7.98. The zero-order chi connectivity index (χ0) is 32.8. The van der Waals surface area contributed by atoms with Gasteiger partial charge in [-0.25, -0.2) is 14.4 Å². The second kappa shape index (κ2) is 13.9. The van der Waals surface area contributed by atoms with Crippen molar-refractivity contribution in [3.63, 3.8) is 0 Å². The minimum absolute atomic E-state index is 0.132. The second-order valence-corrected chi connectivity index (χ2v) is 11.2. The van der Waals surface area contributed by atoms with Crippen LogP contribution in [0.1, 0.15) is 16.7 Å². The van der Waals surface area contributed by atoms with Gasteiger partial charge < -0.3 is 14.2 Å². The van der Waals surface area contributed by atoms with Crippen molar-refractivity contribution in [1.29, 1.82) is 0 Å². The third kappa shape index (κ3) is 7.96. The molecule has 2 heterocycles. The second-order valence-electron chi connectivity index (χ2n) is 10.3. The molecule has 0 N–H and O–H groups in total. The van der Waals surface area contributed by atoms with Crippen LogP contribution in [0.4, 0.5) is 17.6 Å². The van der Waals surface area contributed by atoms with Crippen molar-refractivity contribution in [2.45, 2.75) is 30.2 Å². The fourth-order valence-corrected chi connectivity index (χ4v) is 5.39. The Morgan fingerprint density at radius 1 is 0.891 bits per heavy atom. The molecule has 0 aliphatic carbocycles. The van der Waals surface area contributed by atoms with E-state index in [9.17, 15) is 27.2 Å². The largest absolute Gasteiger partial charge is 0.467 e. The third-order valence-corrected chi connectivity index (χ3v) is 8.07. The molecule has 0 fully saturated rings. The number of ether oxygens (including phenoxy) is 1. The average molecular weight is 650 g/mol. The molecule has 236 valence electrons. The van der Waals surface area contributed by atoms with Crippen LogP contribution in [0.5, 0.6) is 6.01 Å². The Bertz CT molecular complexity index is 1860. The van der Waals surface area contributed by atoms with Crippen molar-refractivity contribution in [2.75, 3.05) is 14.2 Å². The Morgan fingerprint density at radius 2 is 1.48 bits per heavy atom. The molecule has 46 heavy (non-hydrogen) atoms. The summed E-state index contributed by atoms with van der Waals surface area (Å²) >= 11 is 1.23. The molecule has 0 aliphatic heterocycles. The van der Waals surface area contributed by atoms with Crippen molar-refractivity contribution in [1.82, 2.24) is 24.4 Å². The van der Waals surface area contributed by atoms with E-state index in [2.05, 4.69) is 15.0 Å². The van der Waals surface area contributed by atoms with Gasteiger partial charge in [0, 0.05) is 43.5 Å². The molecule has 0 unspecified atom stereocenters. The van der Waals surface area contributed by atoms with E-state index < -0.39 is 17.3 Å². The predicted molar refractivity (Wildman–Crippen MR) is 165 cm³/mol. The molecule has 5 rings (SSSR count). The fraction of sp³-hybridized carbons (Fsp3) is 0.182. The first-order chi connectivity index (χ1) is 22.0. The van der Waals surface area contributed by atoms with Crippen LogP contribution in [-0.2, 0) is 29.8 Å². The normalized spacial score (nSPS) is 11.3. The first kappa shape index (κ1) is 32.4. The lowest BCUT2D eigenvalue weighted by Gasteiger charge is -2.20. The predicted octanol–water partition coefficient (Wildman–Crippen LogP) is 6.48. The van der Waals surface area contributed by atoms with Gasteiger partial charge in [-0.3, -0.25) is 9.59 Å². The summed E-state index contributed by atoms with van der Waals surface area (Å²) in [7, 11) is 3.07. The Kier molecular flexibility index (Phi) is 9.81. The topological polar surface area (TPSA) is 90.2 Å². The first-order valence-electron chi connectivity index (χ1n) is 13.9. The van der Waals surface area contributed by atoms with Gasteiger partial charge in [0.2, 0.25) is 5.91 Å². The van der Waals surface area contributed by atoms with Gasteiger partial charge in [-0.15, -0.1) is 0 Å². The zero-order valence-corrected chi connectivity index (χ0v) is 25.5. The minimum Gasteiger partial charge on any atom is -0.467 e. The lowest BCUT2D eigenvalue weighted by atomic mass is 10.0. The number of amides is 1. The summed E-state index contributed by atoms with van der Waals surface area (Å²) in [6.07, 6.45) is 0.00109. The number of methoxy groups -OCH3 is 1. The molecule has 8 nitrogen and oxygen atoms in total. The van der Waals surface area contributed by atoms with Crippen molar-refractivity contribution in [2.24, 2.45) is 0 Å². The molecule has 0 bridgehead atoms. The number of rotatable bonds is 10. The smallest absolute Gasteiger partial charge is 0.416 e. The molecular weight excluding hydrogens is 622 g/mol. The van der Waals surface area contributed by atoms with E-state index in [-0.39, 0.29) is 36.4 Å². The molecule has 5 aromatic rings. The molecule has 0 spiro atoms. The number of likely N-dealkylation sites (N-methyl/N-ethyl adjacent to an activating group) is 1. The molecule has 0 aliphatic rings. The van der Waals surface area contributed by atoms with Gasteiger partial charge in [0.25, 0.3) is 5.56 Å². The van der Waals surface area contributed by atoms with Crippen molar-refractivity contribution in [3.8, 4) is 28.3 Å².